The molecule has 0 saturated heterocycles. The zero-order chi connectivity index (χ0) is 22.6. The number of nitrogens with zero attached hydrogens (tertiary/aromatic N) is 1. The van der Waals surface area contributed by atoms with E-state index in [2.05, 4.69) is 10.3 Å². The number of oxazole rings is 1. The van der Waals surface area contributed by atoms with E-state index in [0.29, 0.717) is 56.5 Å². The number of hydrogen-bond acceptors (Lipinski definition) is 8. The smallest absolute Gasteiger partial charge is 0.233 e. The molecule has 0 bridgehead atoms. The van der Waals surface area contributed by atoms with E-state index in [9.17, 15) is 8.42 Å². The number of benzene rings is 2. The maximum absolute atomic E-state index is 13.5. The highest BCUT2D eigenvalue weighted by Crippen LogP contribution is 2.37. The first kappa shape index (κ1) is 22.2. The van der Waals surface area contributed by atoms with Crippen molar-refractivity contribution in [3.8, 4) is 23.0 Å². The summed E-state index contributed by atoms with van der Waals surface area (Å²) >= 11 is 0. The van der Waals surface area contributed by atoms with Gasteiger partial charge in [-0.05, 0) is 44.5 Å². The predicted molar refractivity (Wildman–Crippen MR) is 119 cm³/mol. The molecule has 0 fully saturated rings. The van der Waals surface area contributed by atoms with Crippen LogP contribution in [-0.2, 0) is 14.6 Å². The molecule has 0 unspecified atom stereocenters. The van der Waals surface area contributed by atoms with Crippen molar-refractivity contribution < 1.29 is 27.0 Å². The molecule has 4 rings (SSSR count). The topological polar surface area (TPSA) is 99.9 Å². The Morgan fingerprint density at radius 1 is 1.09 bits per heavy atom. The number of hydrogen-bond donors (Lipinski definition) is 1. The van der Waals surface area contributed by atoms with E-state index in [0.717, 1.165) is 5.56 Å². The summed E-state index contributed by atoms with van der Waals surface area (Å²) in [6, 6.07) is 12.1. The van der Waals surface area contributed by atoms with Gasteiger partial charge in [0, 0.05) is 31.4 Å². The number of rotatable bonds is 9. The second-order valence-electron chi connectivity index (χ2n) is 7.31. The molecule has 1 aromatic heterocycles. The number of anilines is 1. The van der Waals surface area contributed by atoms with Gasteiger partial charge in [-0.15, -0.1) is 0 Å². The third-order valence-corrected chi connectivity index (χ3v) is 6.56. The van der Waals surface area contributed by atoms with Crippen LogP contribution in [0.5, 0.6) is 11.5 Å². The highest BCUT2D eigenvalue weighted by Gasteiger charge is 2.30. The lowest BCUT2D eigenvalue weighted by atomic mass is 10.1. The Bertz CT molecular complexity index is 1190. The lowest BCUT2D eigenvalue weighted by molar-refractivity contribution is 0.147. The molecule has 0 amide bonds. The molecule has 8 nitrogen and oxygen atoms in total. The first-order valence-corrected chi connectivity index (χ1v) is 12.0. The second kappa shape index (κ2) is 9.62. The molecular weight excluding hydrogens is 432 g/mol. The fourth-order valence-electron chi connectivity index (χ4n) is 3.32. The molecule has 1 N–H and O–H groups in total. The van der Waals surface area contributed by atoms with Crippen molar-refractivity contribution in [2.75, 3.05) is 38.3 Å². The first-order chi connectivity index (χ1) is 15.5. The minimum atomic E-state index is -3.98. The summed E-state index contributed by atoms with van der Waals surface area (Å²) in [7, 11) is -3.98. The van der Waals surface area contributed by atoms with Crippen LogP contribution in [0.25, 0.3) is 11.5 Å². The maximum atomic E-state index is 13.5. The predicted octanol–water partition coefficient (Wildman–Crippen LogP) is 4.09. The highest BCUT2D eigenvalue weighted by atomic mass is 32.2. The zero-order valence-corrected chi connectivity index (χ0v) is 18.9. The number of ether oxygens (including phenoxy) is 3. The van der Waals surface area contributed by atoms with E-state index in [1.807, 2.05) is 38.1 Å². The Labute approximate surface area is 187 Å². The molecule has 2 heterocycles. The van der Waals surface area contributed by atoms with Gasteiger partial charge in [0.05, 0.1) is 4.90 Å². The molecule has 1 aliphatic rings. The lowest BCUT2D eigenvalue weighted by Crippen LogP contribution is -2.16. The summed E-state index contributed by atoms with van der Waals surface area (Å²) < 4.78 is 49.3. The summed E-state index contributed by atoms with van der Waals surface area (Å²) in [5.41, 5.74) is 1.72. The molecule has 32 heavy (non-hydrogen) atoms. The quantitative estimate of drug-likeness (QED) is 0.479. The molecule has 0 saturated carbocycles. The molecule has 1 aliphatic heterocycles. The molecule has 2 aromatic carbocycles. The van der Waals surface area contributed by atoms with Gasteiger partial charge in [0.1, 0.15) is 13.2 Å². The normalized spacial score (nSPS) is 13.2. The van der Waals surface area contributed by atoms with Crippen LogP contribution in [0, 0.1) is 6.92 Å². The van der Waals surface area contributed by atoms with Crippen LogP contribution in [0.4, 0.5) is 5.88 Å². The monoisotopic (exact) mass is 458 g/mol. The van der Waals surface area contributed by atoms with Gasteiger partial charge in [-0.2, -0.15) is 4.98 Å². The Balaban J connectivity index is 1.70. The third kappa shape index (κ3) is 4.73. The van der Waals surface area contributed by atoms with Gasteiger partial charge in [-0.3, -0.25) is 0 Å². The van der Waals surface area contributed by atoms with E-state index in [1.54, 1.807) is 6.07 Å². The molecule has 0 radical (unpaired) electrons. The van der Waals surface area contributed by atoms with E-state index in [1.165, 1.54) is 12.1 Å². The molecule has 0 spiro atoms. The van der Waals surface area contributed by atoms with Crippen molar-refractivity contribution in [3.05, 3.63) is 48.0 Å². The van der Waals surface area contributed by atoms with Gasteiger partial charge >= 0.3 is 0 Å². The summed E-state index contributed by atoms with van der Waals surface area (Å²) in [6.45, 7) is 6.34. The largest absolute Gasteiger partial charge is 0.486 e. The van der Waals surface area contributed by atoms with Gasteiger partial charge in [-0.1, -0.05) is 17.7 Å². The average Bonchev–Trinajstić information content (AvgIpc) is 3.24. The number of aryl methyl sites for hydroxylation is 1. The maximum Gasteiger partial charge on any atom is 0.233 e. The van der Waals surface area contributed by atoms with E-state index in [4.69, 9.17) is 18.6 Å². The van der Waals surface area contributed by atoms with Gasteiger partial charge in [0.2, 0.25) is 26.6 Å². The van der Waals surface area contributed by atoms with Crippen LogP contribution < -0.4 is 14.8 Å². The Morgan fingerprint density at radius 2 is 1.91 bits per heavy atom. The van der Waals surface area contributed by atoms with Crippen LogP contribution in [0.15, 0.2) is 56.8 Å². The van der Waals surface area contributed by atoms with Gasteiger partial charge < -0.3 is 23.9 Å². The second-order valence-corrected chi connectivity index (χ2v) is 9.17. The molecule has 0 aliphatic carbocycles. The fraction of sp³-hybridized carbons (Fsp3) is 0.348. The summed E-state index contributed by atoms with van der Waals surface area (Å²) in [6.07, 6.45) is 0.692. The molecule has 3 aromatic rings. The van der Waals surface area contributed by atoms with Crippen LogP contribution in [-0.4, -0.2) is 46.4 Å². The van der Waals surface area contributed by atoms with Crippen molar-refractivity contribution in [2.24, 2.45) is 0 Å². The van der Waals surface area contributed by atoms with E-state index < -0.39 is 9.84 Å². The number of aromatic nitrogens is 1. The minimum Gasteiger partial charge on any atom is -0.486 e. The van der Waals surface area contributed by atoms with E-state index >= 15 is 0 Å². The van der Waals surface area contributed by atoms with Crippen molar-refractivity contribution in [3.63, 3.8) is 0 Å². The van der Waals surface area contributed by atoms with Crippen molar-refractivity contribution in [2.45, 2.75) is 30.2 Å². The van der Waals surface area contributed by atoms with Crippen LogP contribution in [0.1, 0.15) is 18.9 Å². The first-order valence-electron chi connectivity index (χ1n) is 10.5. The third-order valence-electron chi connectivity index (χ3n) is 4.89. The average molecular weight is 459 g/mol. The summed E-state index contributed by atoms with van der Waals surface area (Å²) in [5.74, 6) is 1.25. The van der Waals surface area contributed by atoms with Crippen molar-refractivity contribution in [1.82, 2.24) is 4.98 Å². The minimum absolute atomic E-state index is 0.0585. The van der Waals surface area contributed by atoms with Crippen molar-refractivity contribution >= 4 is 15.7 Å². The molecule has 9 heteroatoms. The molecule has 0 atom stereocenters. The van der Waals surface area contributed by atoms with E-state index in [-0.39, 0.29) is 21.7 Å². The van der Waals surface area contributed by atoms with Gasteiger partial charge in [0.25, 0.3) is 0 Å². The van der Waals surface area contributed by atoms with Crippen molar-refractivity contribution in [1.29, 1.82) is 0 Å². The van der Waals surface area contributed by atoms with Crippen LogP contribution in [0.2, 0.25) is 0 Å². The van der Waals surface area contributed by atoms with Gasteiger partial charge in [-0.25, -0.2) is 8.42 Å². The van der Waals surface area contributed by atoms with Gasteiger partial charge in [0.15, 0.2) is 11.5 Å². The Morgan fingerprint density at radius 3 is 2.69 bits per heavy atom. The summed E-state index contributed by atoms with van der Waals surface area (Å²) in [5, 5.41) is 2.91. The highest BCUT2D eigenvalue weighted by molar-refractivity contribution is 7.91. The molecular formula is C23H26N2O6S. The lowest BCUT2D eigenvalue weighted by Gasteiger charge is -2.18. The Kier molecular flexibility index (Phi) is 6.66. The summed E-state index contributed by atoms with van der Waals surface area (Å²) in [4.78, 5) is 4.43. The molecule has 170 valence electrons. The fourth-order valence-corrected chi connectivity index (χ4v) is 4.62. The number of nitrogens with one attached hydrogen (secondary N) is 1. The number of sulfone groups is 1. The SMILES string of the molecule is CCOCCCNc1oc(-c2cccc(C)c2)nc1S(=O)(=O)c1ccc2c(c1)OCCO2. The van der Waals surface area contributed by atoms with Crippen LogP contribution in [0.3, 0.4) is 0 Å². The number of fused-ring (bicyclic) bond motifs is 1. The van der Waals surface area contributed by atoms with Crippen LogP contribution >= 0.6 is 0 Å². The standard InChI is InChI=1S/C23H26N2O6S/c1-3-28-11-5-10-24-22-23(25-21(31-22)17-7-4-6-16(2)14-17)32(26,27)18-8-9-19-20(15-18)30-13-12-29-19/h4,6-9,14-15,24H,3,5,10-13H2,1-2H3. The Hall–Kier alpha value is -3.04. The zero-order valence-electron chi connectivity index (χ0n) is 18.1.